The van der Waals surface area contributed by atoms with E-state index in [0.717, 1.165) is 11.3 Å². The summed E-state index contributed by atoms with van der Waals surface area (Å²) in [5.74, 6) is -0.0129. The maximum absolute atomic E-state index is 12.3. The molecule has 2 heterocycles. The zero-order valence-electron chi connectivity index (χ0n) is 12.1. The van der Waals surface area contributed by atoms with E-state index in [4.69, 9.17) is 4.74 Å². The third-order valence-corrected chi connectivity index (χ3v) is 3.51. The van der Waals surface area contributed by atoms with Gasteiger partial charge in [-0.3, -0.25) is 14.8 Å². The average Bonchev–Trinajstić information content (AvgIpc) is 2.61. The summed E-state index contributed by atoms with van der Waals surface area (Å²) < 4.78 is 5.69. The molecule has 1 atom stereocenters. The third-order valence-electron chi connectivity index (χ3n) is 3.51. The first-order chi connectivity index (χ1) is 10.8. The number of hydrogen-bond acceptors (Lipinski definition) is 4. The summed E-state index contributed by atoms with van der Waals surface area (Å²) in [6.45, 7) is 1.59. The van der Waals surface area contributed by atoms with Crippen LogP contribution in [0.3, 0.4) is 0 Å². The highest BCUT2D eigenvalue weighted by Crippen LogP contribution is 2.19. The number of morpholine rings is 1. The minimum atomic E-state index is -0.212. The predicted molar refractivity (Wildman–Crippen MR) is 82.8 cm³/mol. The third kappa shape index (κ3) is 3.56. The first-order valence-corrected chi connectivity index (χ1v) is 7.22. The van der Waals surface area contributed by atoms with Crippen molar-refractivity contribution in [1.82, 2.24) is 14.9 Å². The fraction of sp³-hybridized carbons (Fsp3) is 0.235. The lowest BCUT2D eigenvalue weighted by atomic mass is 10.2. The number of rotatable bonds is 3. The number of amides is 1. The van der Waals surface area contributed by atoms with E-state index in [0.29, 0.717) is 19.7 Å². The normalized spacial score (nSPS) is 18.5. The van der Waals surface area contributed by atoms with E-state index in [2.05, 4.69) is 9.97 Å². The molecule has 3 rings (SSSR count). The number of aromatic nitrogens is 2. The van der Waals surface area contributed by atoms with Crippen LogP contribution < -0.4 is 0 Å². The monoisotopic (exact) mass is 295 g/mol. The highest BCUT2D eigenvalue weighted by molar-refractivity contribution is 5.91. The van der Waals surface area contributed by atoms with Crippen LogP contribution in [0.1, 0.15) is 17.4 Å². The Bertz CT molecular complexity index is 643. The van der Waals surface area contributed by atoms with Gasteiger partial charge in [-0.2, -0.15) is 0 Å². The van der Waals surface area contributed by atoms with Gasteiger partial charge in [-0.25, -0.2) is 0 Å². The molecule has 0 N–H and O–H groups in total. The van der Waals surface area contributed by atoms with Gasteiger partial charge in [0.15, 0.2) is 0 Å². The smallest absolute Gasteiger partial charge is 0.246 e. The van der Waals surface area contributed by atoms with E-state index in [9.17, 15) is 4.79 Å². The van der Waals surface area contributed by atoms with Crippen LogP contribution in [0, 0.1) is 0 Å². The van der Waals surface area contributed by atoms with Crippen LogP contribution >= 0.6 is 0 Å². The molecule has 5 heteroatoms. The second-order valence-electron chi connectivity index (χ2n) is 5.02. The molecule has 1 aliphatic rings. The van der Waals surface area contributed by atoms with E-state index in [1.807, 2.05) is 36.4 Å². The largest absolute Gasteiger partial charge is 0.368 e. The first-order valence-electron chi connectivity index (χ1n) is 7.22. The number of carbonyl (C=O) groups is 1. The van der Waals surface area contributed by atoms with Gasteiger partial charge < -0.3 is 9.64 Å². The van der Waals surface area contributed by atoms with Gasteiger partial charge in [-0.15, -0.1) is 0 Å². The quantitative estimate of drug-likeness (QED) is 0.814. The van der Waals surface area contributed by atoms with Gasteiger partial charge in [-0.05, 0) is 11.6 Å². The summed E-state index contributed by atoms with van der Waals surface area (Å²) in [7, 11) is 0. The number of benzene rings is 1. The molecule has 1 amide bonds. The number of carbonyl (C=O) groups excluding carboxylic acids is 1. The van der Waals surface area contributed by atoms with Crippen molar-refractivity contribution in [2.45, 2.75) is 6.10 Å². The van der Waals surface area contributed by atoms with Gasteiger partial charge in [0.05, 0.1) is 25.0 Å². The van der Waals surface area contributed by atoms with Gasteiger partial charge in [0.25, 0.3) is 0 Å². The highest BCUT2D eigenvalue weighted by Gasteiger charge is 2.25. The maximum Gasteiger partial charge on any atom is 0.246 e. The molecule has 1 aromatic carbocycles. The number of ether oxygens (including phenoxy) is 1. The summed E-state index contributed by atoms with van der Waals surface area (Å²) in [5, 5.41) is 0. The fourth-order valence-electron chi connectivity index (χ4n) is 2.34. The van der Waals surface area contributed by atoms with Crippen molar-refractivity contribution in [3.05, 3.63) is 66.3 Å². The zero-order chi connectivity index (χ0) is 15.2. The van der Waals surface area contributed by atoms with Crippen molar-refractivity contribution in [1.29, 1.82) is 0 Å². The minimum Gasteiger partial charge on any atom is -0.368 e. The second kappa shape index (κ2) is 6.95. The van der Waals surface area contributed by atoms with Crippen molar-refractivity contribution in [3.8, 4) is 0 Å². The van der Waals surface area contributed by atoms with Gasteiger partial charge in [0, 0.05) is 25.0 Å². The molecule has 0 radical (unpaired) electrons. The van der Waals surface area contributed by atoms with Crippen LogP contribution in [0.5, 0.6) is 0 Å². The molecule has 0 spiro atoms. The Morgan fingerprint density at radius 1 is 1.27 bits per heavy atom. The lowest BCUT2D eigenvalue weighted by molar-refractivity contribution is -0.133. The molecule has 1 saturated heterocycles. The fourth-order valence-corrected chi connectivity index (χ4v) is 2.34. The molecule has 0 bridgehead atoms. The van der Waals surface area contributed by atoms with Crippen LogP contribution in [0.4, 0.5) is 0 Å². The Hall–Kier alpha value is -2.53. The summed E-state index contributed by atoms with van der Waals surface area (Å²) in [6, 6.07) is 9.77. The Labute approximate surface area is 129 Å². The van der Waals surface area contributed by atoms with E-state index >= 15 is 0 Å². The molecule has 2 aromatic rings. The van der Waals surface area contributed by atoms with E-state index in [1.54, 1.807) is 29.6 Å². The van der Waals surface area contributed by atoms with Crippen LogP contribution in [0.15, 0.2) is 55.0 Å². The van der Waals surface area contributed by atoms with Crippen molar-refractivity contribution in [2.75, 3.05) is 19.7 Å². The Kier molecular flexibility index (Phi) is 4.56. The molecule has 0 saturated carbocycles. The van der Waals surface area contributed by atoms with E-state index in [1.165, 1.54) is 0 Å². The lowest BCUT2D eigenvalue weighted by Gasteiger charge is -2.31. The van der Waals surface area contributed by atoms with Gasteiger partial charge in [-0.1, -0.05) is 30.3 Å². The second-order valence-corrected chi connectivity index (χ2v) is 5.02. The standard InChI is InChI=1S/C17H17N3O2/c21-17(7-6-14-4-2-1-3-5-14)20-10-11-22-16(13-20)15-12-18-8-9-19-15/h1-9,12,16H,10-11,13H2/b7-6+. The SMILES string of the molecule is O=C(/C=C/c1ccccc1)N1CCOC(c2cnccn2)C1. The lowest BCUT2D eigenvalue weighted by Crippen LogP contribution is -2.41. The van der Waals surface area contributed by atoms with Crippen molar-refractivity contribution < 1.29 is 9.53 Å². The number of hydrogen-bond donors (Lipinski definition) is 0. The van der Waals surface area contributed by atoms with E-state index in [-0.39, 0.29) is 12.0 Å². The van der Waals surface area contributed by atoms with Crippen molar-refractivity contribution >= 4 is 12.0 Å². The molecule has 0 aliphatic carbocycles. The predicted octanol–water partition coefficient (Wildman–Crippen LogP) is 2.09. The van der Waals surface area contributed by atoms with Crippen molar-refractivity contribution in [2.24, 2.45) is 0 Å². The molecular weight excluding hydrogens is 278 g/mol. The van der Waals surface area contributed by atoms with Crippen LogP contribution in [-0.4, -0.2) is 40.5 Å². The molecular formula is C17H17N3O2. The summed E-state index contributed by atoms with van der Waals surface area (Å²) in [4.78, 5) is 22.4. The van der Waals surface area contributed by atoms with Gasteiger partial charge >= 0.3 is 0 Å². The molecule has 5 nitrogen and oxygen atoms in total. The zero-order valence-corrected chi connectivity index (χ0v) is 12.1. The first kappa shape index (κ1) is 14.4. The summed E-state index contributed by atoms with van der Waals surface area (Å²) >= 11 is 0. The summed E-state index contributed by atoms with van der Waals surface area (Å²) in [5.41, 5.74) is 1.77. The molecule has 1 unspecified atom stereocenters. The molecule has 1 aromatic heterocycles. The molecule has 1 aliphatic heterocycles. The van der Waals surface area contributed by atoms with Crippen molar-refractivity contribution in [3.63, 3.8) is 0 Å². The van der Waals surface area contributed by atoms with Crippen LogP contribution in [0.2, 0.25) is 0 Å². The van der Waals surface area contributed by atoms with Crippen LogP contribution in [0.25, 0.3) is 6.08 Å². The Morgan fingerprint density at radius 2 is 2.14 bits per heavy atom. The summed E-state index contributed by atoms with van der Waals surface area (Å²) in [6.07, 6.45) is 8.16. The molecule has 1 fully saturated rings. The highest BCUT2D eigenvalue weighted by atomic mass is 16.5. The topological polar surface area (TPSA) is 55.3 Å². The minimum absolute atomic E-state index is 0.0129. The van der Waals surface area contributed by atoms with E-state index < -0.39 is 0 Å². The maximum atomic E-state index is 12.3. The molecule has 112 valence electrons. The van der Waals surface area contributed by atoms with Crippen LogP contribution in [-0.2, 0) is 9.53 Å². The van der Waals surface area contributed by atoms with Gasteiger partial charge in [0.1, 0.15) is 6.10 Å². The molecule has 22 heavy (non-hydrogen) atoms. The Morgan fingerprint density at radius 3 is 2.91 bits per heavy atom. The van der Waals surface area contributed by atoms with Gasteiger partial charge in [0.2, 0.25) is 5.91 Å². The Balaban J connectivity index is 1.64. The number of nitrogens with zero attached hydrogens (tertiary/aromatic N) is 3. The average molecular weight is 295 g/mol.